The molecule has 18 valence electrons. The normalized spacial score (nSPS) is 1.50. The van der Waals surface area contributed by atoms with Gasteiger partial charge in [-0.3, -0.25) is 4.39 Å². The van der Waals surface area contributed by atoms with E-state index >= 15 is 0 Å². The fourth-order valence-electron chi connectivity index (χ4n) is 0. The van der Waals surface area contributed by atoms with Gasteiger partial charge in [-0.25, -0.2) is 0 Å². The van der Waals surface area contributed by atoms with E-state index in [0.29, 0.717) is 7.18 Å². The van der Waals surface area contributed by atoms with Gasteiger partial charge in [-0.15, -0.1) is 0 Å². The van der Waals surface area contributed by atoms with Crippen LogP contribution < -0.4 is 0 Å². The summed E-state index contributed by atoms with van der Waals surface area (Å²) < 4.78 is 9.50. The number of hydrogen-bond donors (Lipinski definition) is 0. The maximum atomic E-state index is 9.50. The molecule has 0 aromatic heterocycles. The summed E-state index contributed by atoms with van der Waals surface area (Å²) in [5.74, 6) is 0. The predicted molar refractivity (Wildman–Crippen MR) is 21.3 cm³/mol. The van der Waals surface area contributed by atoms with Crippen LogP contribution in [0.5, 0.6) is 0 Å². The van der Waals surface area contributed by atoms with Gasteiger partial charge >= 0.3 is 37.7 Å². The topological polar surface area (TPSA) is 0 Å². The van der Waals surface area contributed by atoms with Gasteiger partial charge in [-0.2, -0.15) is 0 Å². The van der Waals surface area contributed by atoms with Gasteiger partial charge in [0.25, 0.3) is 0 Å². The maximum absolute atomic E-state index is 9.50. The molecule has 0 fully saturated rings. The Balaban J connectivity index is -0.00000000500. The van der Waals surface area contributed by atoms with Gasteiger partial charge in [0.05, 0.1) is 7.18 Å². The monoisotopic (exact) mass is 50.1 g/mol. The van der Waals surface area contributed by atoms with Crippen LogP contribution in [0.2, 0.25) is 0 Å². The minimum absolute atomic E-state index is 0. The third-order valence-electron chi connectivity index (χ3n) is 0. The van der Waals surface area contributed by atoms with Crippen molar-refractivity contribution in [3.8, 4) is 0 Å². The molecule has 0 saturated heterocycles. The molecule has 0 spiro atoms. The first-order chi connectivity index (χ1) is 1.00. The zero-order chi connectivity index (χ0) is 2.00. The van der Waals surface area contributed by atoms with Crippen LogP contribution in [0.3, 0.4) is 0 Å². The van der Waals surface area contributed by atoms with Gasteiger partial charge in [0.15, 0.2) is 0 Å². The van der Waals surface area contributed by atoms with Gasteiger partial charge in [-0.05, 0) is 0 Å². The molecule has 0 nitrogen and oxygen atoms in total. The summed E-state index contributed by atoms with van der Waals surface area (Å²) in [5.41, 5.74) is 0. The van der Waals surface area contributed by atoms with E-state index in [1.54, 1.807) is 0 Å². The molecule has 0 amide bonds. The average Bonchev–Trinajstić information content (AvgIpc) is 1.00. The fraction of sp³-hybridized carbons (Fsp3) is 1.00. The number of hydrogen-bond acceptors (Lipinski definition) is 0. The van der Waals surface area contributed by atoms with Crippen LogP contribution >= 0.6 is 0 Å². The van der Waals surface area contributed by atoms with E-state index in [1.165, 1.54) is 0 Å². The Bertz CT molecular complexity index is 6.00. The molecule has 3 heteroatoms. The number of alkyl halides is 1. The zero-order valence-electron chi connectivity index (χ0n) is 1.38. The summed E-state index contributed by atoms with van der Waals surface area (Å²) >= 11 is 0. The van der Waals surface area contributed by atoms with Crippen LogP contribution in [-0.4, -0.2) is 44.9 Å². The second-order valence-electron chi connectivity index (χ2n) is 0. The number of halogens is 1. The van der Waals surface area contributed by atoms with Crippen LogP contribution in [0.1, 0.15) is 0 Å². The van der Waals surface area contributed by atoms with Gasteiger partial charge in [0, 0.05) is 0 Å². The summed E-state index contributed by atoms with van der Waals surface area (Å²) in [7, 11) is 0.500. The van der Waals surface area contributed by atoms with Crippen LogP contribution in [0, 0.1) is 0 Å². The molecule has 0 aliphatic rings. The van der Waals surface area contributed by atoms with Gasteiger partial charge in [0.1, 0.15) is 0 Å². The van der Waals surface area contributed by atoms with Gasteiger partial charge < -0.3 is 0 Å². The van der Waals surface area contributed by atoms with Crippen molar-refractivity contribution >= 4 is 37.7 Å². The Hall–Kier alpha value is 1.12. The van der Waals surface area contributed by atoms with Crippen molar-refractivity contribution in [1.29, 1.82) is 0 Å². The van der Waals surface area contributed by atoms with Crippen molar-refractivity contribution in [2.75, 3.05) is 7.18 Å². The third-order valence-corrected chi connectivity index (χ3v) is 0. The Morgan fingerprint density at radius 1 is 1.00 bits per heavy atom. The Morgan fingerprint density at radius 3 is 1.00 bits per heavy atom. The molecule has 0 heterocycles. The molecule has 0 aliphatic heterocycles. The summed E-state index contributed by atoms with van der Waals surface area (Å²) in [6.45, 7) is 0. The van der Waals surface area contributed by atoms with Crippen molar-refractivity contribution in [1.82, 2.24) is 0 Å². The minimum atomic E-state index is 0. The predicted octanol–water partition coefficient (Wildman–Crippen LogP) is -0.711. The molecule has 0 N–H and O–H groups in total. The molecule has 0 unspecified atom stereocenters. The molecule has 0 aromatic rings. The van der Waals surface area contributed by atoms with Crippen molar-refractivity contribution in [3.63, 3.8) is 0 Å². The van der Waals surface area contributed by atoms with Crippen molar-refractivity contribution in [2.24, 2.45) is 0 Å². The van der Waals surface area contributed by atoms with Crippen LogP contribution in [0.4, 0.5) is 4.39 Å². The average molecular weight is 49.9 g/mol. The summed E-state index contributed by atoms with van der Waals surface area (Å²) in [6.07, 6.45) is 0. The SMILES string of the molecule is CF.[LiH].[LiH]. The van der Waals surface area contributed by atoms with Gasteiger partial charge in [-0.1, -0.05) is 0 Å². The van der Waals surface area contributed by atoms with E-state index in [1.807, 2.05) is 0 Å². The quantitative estimate of drug-likeness (QED) is 0.318. The Morgan fingerprint density at radius 2 is 1.00 bits per heavy atom. The first kappa shape index (κ1) is 19.3. The first-order valence-electron chi connectivity index (χ1n) is 0.378. The first-order valence-corrected chi connectivity index (χ1v) is 0.378. The van der Waals surface area contributed by atoms with E-state index in [-0.39, 0.29) is 37.7 Å². The van der Waals surface area contributed by atoms with Crippen LogP contribution in [-0.2, 0) is 0 Å². The molecular formula is CH5FLi2. The Labute approximate surface area is 49.5 Å². The van der Waals surface area contributed by atoms with E-state index in [0.717, 1.165) is 0 Å². The van der Waals surface area contributed by atoms with Crippen molar-refractivity contribution in [3.05, 3.63) is 0 Å². The van der Waals surface area contributed by atoms with Gasteiger partial charge in [0.2, 0.25) is 0 Å². The van der Waals surface area contributed by atoms with E-state index in [4.69, 9.17) is 0 Å². The summed E-state index contributed by atoms with van der Waals surface area (Å²) in [6, 6.07) is 0. The molecule has 0 radical (unpaired) electrons. The molecule has 0 atom stereocenters. The molecule has 0 aliphatic carbocycles. The molecule has 4 heavy (non-hydrogen) atoms. The molecule has 0 aromatic carbocycles. The number of rotatable bonds is 0. The molecular weight excluding hydrogens is 44.9 g/mol. The van der Waals surface area contributed by atoms with E-state index < -0.39 is 0 Å². The van der Waals surface area contributed by atoms with Crippen molar-refractivity contribution in [2.45, 2.75) is 0 Å². The zero-order valence-corrected chi connectivity index (χ0v) is 1.38. The fourth-order valence-corrected chi connectivity index (χ4v) is 0. The second kappa shape index (κ2) is 31.8. The standard InChI is InChI=1S/CH3F.2Li.2H/c1-2;;;;/h1H3;;;;. The molecule has 0 saturated carbocycles. The Kier molecular flexibility index (Phi) is 154. The third kappa shape index (κ3) is 11.2. The summed E-state index contributed by atoms with van der Waals surface area (Å²) in [4.78, 5) is 0. The summed E-state index contributed by atoms with van der Waals surface area (Å²) in [5, 5.41) is 0. The van der Waals surface area contributed by atoms with Crippen LogP contribution in [0.25, 0.3) is 0 Å². The molecule has 0 bridgehead atoms. The van der Waals surface area contributed by atoms with E-state index in [2.05, 4.69) is 0 Å². The van der Waals surface area contributed by atoms with E-state index in [9.17, 15) is 4.39 Å². The molecule has 0 rings (SSSR count). The van der Waals surface area contributed by atoms with Crippen molar-refractivity contribution < 1.29 is 4.39 Å². The second-order valence-corrected chi connectivity index (χ2v) is 0. The van der Waals surface area contributed by atoms with Crippen LogP contribution in [0.15, 0.2) is 0 Å².